The van der Waals surface area contributed by atoms with Gasteiger partial charge in [-0.1, -0.05) is 31.2 Å². The van der Waals surface area contributed by atoms with Crippen LogP contribution in [0.5, 0.6) is 0 Å². The van der Waals surface area contributed by atoms with Gasteiger partial charge in [0.15, 0.2) is 0 Å². The first kappa shape index (κ1) is 11.3. The maximum Gasteiger partial charge on any atom is 0.131 e. The summed E-state index contributed by atoms with van der Waals surface area (Å²) in [6, 6.07) is 14.2. The third kappa shape index (κ3) is 2.34. The maximum atomic E-state index is 13.7. The highest BCUT2D eigenvalue weighted by molar-refractivity contribution is 5.66. The van der Waals surface area contributed by atoms with Gasteiger partial charge in [0.25, 0.3) is 0 Å². The third-order valence-electron chi connectivity index (χ3n) is 2.77. The number of halogens is 1. The van der Waals surface area contributed by atoms with Gasteiger partial charge in [0.1, 0.15) is 5.82 Å². The molecule has 0 N–H and O–H groups in total. The minimum absolute atomic E-state index is 0.298. The highest BCUT2D eigenvalue weighted by Crippen LogP contribution is 2.24. The van der Waals surface area contributed by atoms with Crippen molar-refractivity contribution < 1.29 is 4.39 Å². The fourth-order valence-electron chi connectivity index (χ4n) is 1.74. The minimum atomic E-state index is -0.298. The van der Waals surface area contributed by atoms with Gasteiger partial charge in [-0.3, -0.25) is 0 Å². The van der Waals surface area contributed by atoms with E-state index in [0.29, 0.717) is 11.1 Å². The van der Waals surface area contributed by atoms with Crippen molar-refractivity contribution in [2.75, 3.05) is 0 Å². The number of nitriles is 1. The third-order valence-corrected chi connectivity index (χ3v) is 2.77. The monoisotopic (exact) mass is 225 g/mol. The van der Waals surface area contributed by atoms with Crippen molar-refractivity contribution in [3.63, 3.8) is 0 Å². The van der Waals surface area contributed by atoms with E-state index in [2.05, 4.69) is 6.92 Å². The lowest BCUT2D eigenvalue weighted by Crippen LogP contribution is -1.87. The number of hydrogen-bond acceptors (Lipinski definition) is 1. The molecule has 0 saturated heterocycles. The van der Waals surface area contributed by atoms with E-state index in [0.717, 1.165) is 12.0 Å². The van der Waals surface area contributed by atoms with Crippen molar-refractivity contribution in [1.82, 2.24) is 0 Å². The van der Waals surface area contributed by atoms with Crippen molar-refractivity contribution in [2.45, 2.75) is 13.3 Å². The summed E-state index contributed by atoms with van der Waals surface area (Å²) in [6.07, 6.45) is 0.959. The Morgan fingerprint density at radius 3 is 2.41 bits per heavy atom. The van der Waals surface area contributed by atoms with Crippen LogP contribution in [0.1, 0.15) is 18.1 Å². The molecule has 0 heterocycles. The van der Waals surface area contributed by atoms with E-state index < -0.39 is 0 Å². The van der Waals surface area contributed by atoms with Crippen LogP contribution < -0.4 is 0 Å². The van der Waals surface area contributed by atoms with E-state index in [4.69, 9.17) is 5.26 Å². The zero-order chi connectivity index (χ0) is 12.3. The Labute approximate surface area is 100 Å². The average molecular weight is 225 g/mol. The first-order valence-corrected chi connectivity index (χ1v) is 5.53. The second kappa shape index (κ2) is 4.80. The largest absolute Gasteiger partial charge is 0.206 e. The number of nitrogens with zero attached hydrogens (tertiary/aromatic N) is 1. The fourth-order valence-corrected chi connectivity index (χ4v) is 1.74. The Balaban J connectivity index is 2.48. The molecule has 2 aromatic carbocycles. The summed E-state index contributed by atoms with van der Waals surface area (Å²) in [6.45, 7) is 2.08. The molecule has 0 fully saturated rings. The lowest BCUT2D eigenvalue weighted by atomic mass is 10.0. The summed E-state index contributed by atoms with van der Waals surface area (Å²) in [7, 11) is 0. The highest BCUT2D eigenvalue weighted by Gasteiger charge is 2.06. The van der Waals surface area contributed by atoms with Crippen LogP contribution in [0.2, 0.25) is 0 Å². The van der Waals surface area contributed by atoms with Crippen LogP contribution in [0.4, 0.5) is 4.39 Å². The van der Waals surface area contributed by atoms with Crippen molar-refractivity contribution >= 4 is 0 Å². The van der Waals surface area contributed by atoms with E-state index in [1.165, 1.54) is 17.7 Å². The van der Waals surface area contributed by atoms with Gasteiger partial charge in [0.05, 0.1) is 11.6 Å². The van der Waals surface area contributed by atoms with Gasteiger partial charge in [-0.15, -0.1) is 0 Å². The lowest BCUT2D eigenvalue weighted by molar-refractivity contribution is 0.631. The van der Waals surface area contributed by atoms with E-state index in [9.17, 15) is 4.39 Å². The molecule has 0 aliphatic carbocycles. The number of hydrogen-bond donors (Lipinski definition) is 0. The molecular formula is C15H12FN. The number of rotatable bonds is 2. The SMILES string of the molecule is CCc1ccc(-c2cc(C#N)ccc2F)cc1. The van der Waals surface area contributed by atoms with Gasteiger partial charge in [-0.2, -0.15) is 5.26 Å². The first-order valence-electron chi connectivity index (χ1n) is 5.53. The molecule has 0 atom stereocenters. The Hall–Kier alpha value is -2.14. The standard InChI is InChI=1S/C15H12FN/c1-2-11-3-6-13(7-4-11)14-9-12(10-17)5-8-15(14)16/h3-9H,2H2,1H3. The Morgan fingerprint density at radius 1 is 1.12 bits per heavy atom. The molecule has 0 radical (unpaired) electrons. The summed E-state index contributed by atoms with van der Waals surface area (Å²) in [4.78, 5) is 0. The molecule has 0 aliphatic rings. The Morgan fingerprint density at radius 2 is 1.82 bits per heavy atom. The van der Waals surface area contributed by atoms with Crippen LogP contribution in [-0.4, -0.2) is 0 Å². The smallest absolute Gasteiger partial charge is 0.131 e. The van der Waals surface area contributed by atoms with E-state index in [-0.39, 0.29) is 5.82 Å². The van der Waals surface area contributed by atoms with E-state index >= 15 is 0 Å². The predicted octanol–water partition coefficient (Wildman–Crippen LogP) is 3.93. The zero-order valence-electron chi connectivity index (χ0n) is 9.57. The molecule has 0 aromatic heterocycles. The van der Waals surface area contributed by atoms with Crippen molar-refractivity contribution in [1.29, 1.82) is 5.26 Å². The quantitative estimate of drug-likeness (QED) is 0.759. The molecule has 2 heteroatoms. The van der Waals surface area contributed by atoms with Crippen LogP contribution in [-0.2, 0) is 6.42 Å². The summed E-state index contributed by atoms with van der Waals surface area (Å²) < 4.78 is 13.7. The number of aryl methyl sites for hydroxylation is 1. The molecular weight excluding hydrogens is 213 g/mol. The van der Waals surface area contributed by atoms with Crippen molar-refractivity contribution in [3.05, 3.63) is 59.4 Å². The van der Waals surface area contributed by atoms with Crippen LogP contribution in [0.3, 0.4) is 0 Å². The lowest BCUT2D eigenvalue weighted by Gasteiger charge is -2.05. The highest BCUT2D eigenvalue weighted by atomic mass is 19.1. The molecule has 0 aliphatic heterocycles. The topological polar surface area (TPSA) is 23.8 Å². The van der Waals surface area contributed by atoms with Gasteiger partial charge in [-0.05, 0) is 35.7 Å². The minimum Gasteiger partial charge on any atom is -0.206 e. The molecule has 84 valence electrons. The fraction of sp³-hybridized carbons (Fsp3) is 0.133. The van der Waals surface area contributed by atoms with Crippen LogP contribution in [0.25, 0.3) is 11.1 Å². The second-order valence-corrected chi connectivity index (χ2v) is 3.86. The molecule has 17 heavy (non-hydrogen) atoms. The van der Waals surface area contributed by atoms with Crippen LogP contribution in [0.15, 0.2) is 42.5 Å². The van der Waals surface area contributed by atoms with Gasteiger partial charge in [0.2, 0.25) is 0 Å². The molecule has 0 amide bonds. The van der Waals surface area contributed by atoms with Gasteiger partial charge in [-0.25, -0.2) is 4.39 Å². The van der Waals surface area contributed by atoms with Gasteiger partial charge >= 0.3 is 0 Å². The molecule has 0 spiro atoms. The maximum absolute atomic E-state index is 13.7. The molecule has 0 bridgehead atoms. The summed E-state index contributed by atoms with van der Waals surface area (Å²) >= 11 is 0. The van der Waals surface area contributed by atoms with Crippen LogP contribution in [0, 0.1) is 17.1 Å². The molecule has 2 aromatic rings. The normalized spacial score (nSPS) is 9.94. The van der Waals surface area contributed by atoms with Gasteiger partial charge in [0, 0.05) is 5.56 Å². The predicted molar refractivity (Wildman–Crippen MR) is 65.9 cm³/mol. The molecule has 1 nitrogen and oxygen atoms in total. The summed E-state index contributed by atoms with van der Waals surface area (Å²) in [5.41, 5.74) is 2.97. The van der Waals surface area contributed by atoms with Crippen molar-refractivity contribution in [3.8, 4) is 17.2 Å². The zero-order valence-corrected chi connectivity index (χ0v) is 9.57. The average Bonchev–Trinajstić information content (AvgIpc) is 2.39. The molecule has 0 saturated carbocycles. The van der Waals surface area contributed by atoms with Gasteiger partial charge < -0.3 is 0 Å². The van der Waals surface area contributed by atoms with Crippen molar-refractivity contribution in [2.24, 2.45) is 0 Å². The summed E-state index contributed by atoms with van der Waals surface area (Å²) in [5, 5.41) is 8.81. The van der Waals surface area contributed by atoms with E-state index in [1.54, 1.807) is 6.07 Å². The van der Waals surface area contributed by atoms with E-state index in [1.807, 2.05) is 30.3 Å². The van der Waals surface area contributed by atoms with Crippen LogP contribution >= 0.6 is 0 Å². The summed E-state index contributed by atoms with van der Waals surface area (Å²) in [5.74, 6) is -0.298. The Bertz CT molecular complexity index is 564. The first-order chi connectivity index (χ1) is 8.24. The molecule has 2 rings (SSSR count). The Kier molecular flexibility index (Phi) is 3.20. The number of benzene rings is 2. The molecule has 0 unspecified atom stereocenters. The second-order valence-electron chi connectivity index (χ2n) is 3.86.